The van der Waals surface area contributed by atoms with Crippen LogP contribution in [0.1, 0.15) is 59.2 Å². The van der Waals surface area contributed by atoms with Crippen molar-refractivity contribution in [3.05, 3.63) is 29.6 Å². The van der Waals surface area contributed by atoms with E-state index >= 15 is 0 Å². The van der Waals surface area contributed by atoms with Gasteiger partial charge in [-0.2, -0.15) is 0 Å². The molecule has 3 rings (SSSR count). The molecule has 2 unspecified atom stereocenters. The molecule has 0 N–H and O–H groups in total. The van der Waals surface area contributed by atoms with Crippen molar-refractivity contribution in [1.29, 1.82) is 0 Å². The van der Waals surface area contributed by atoms with E-state index in [0.29, 0.717) is 13.1 Å². The number of fused-ring (bicyclic) bond motifs is 2. The predicted octanol–water partition coefficient (Wildman–Crippen LogP) is 3.82. The number of nitrogens with zero attached hydrogens (tertiary/aromatic N) is 2. The van der Waals surface area contributed by atoms with Crippen molar-refractivity contribution in [2.45, 2.75) is 64.8 Å². The highest BCUT2D eigenvalue weighted by Crippen LogP contribution is 2.53. The monoisotopic (exact) mass is 332 g/mol. The molecule has 3 heterocycles. The van der Waals surface area contributed by atoms with Gasteiger partial charge in [-0.3, -0.25) is 4.98 Å². The molecule has 1 spiro atoms. The van der Waals surface area contributed by atoms with Gasteiger partial charge in [0.05, 0.1) is 5.69 Å². The van der Waals surface area contributed by atoms with Gasteiger partial charge in [0.1, 0.15) is 16.8 Å². The second-order valence-electron chi connectivity index (χ2n) is 8.48. The van der Waals surface area contributed by atoms with E-state index in [4.69, 9.17) is 9.47 Å². The molecule has 5 nitrogen and oxygen atoms in total. The van der Waals surface area contributed by atoms with Crippen LogP contribution in [0.25, 0.3) is 0 Å². The molecule has 132 valence electrons. The van der Waals surface area contributed by atoms with Crippen LogP contribution in [0, 0.1) is 5.92 Å². The number of hydrogen-bond acceptors (Lipinski definition) is 4. The minimum absolute atomic E-state index is 0.170. The molecule has 0 bridgehead atoms. The summed E-state index contributed by atoms with van der Waals surface area (Å²) in [4.78, 5) is 18.8. The van der Waals surface area contributed by atoms with Gasteiger partial charge in [0.2, 0.25) is 0 Å². The molecule has 1 amide bonds. The van der Waals surface area contributed by atoms with Crippen molar-refractivity contribution < 1.29 is 14.3 Å². The van der Waals surface area contributed by atoms with E-state index in [1.54, 1.807) is 4.90 Å². The van der Waals surface area contributed by atoms with Gasteiger partial charge in [0, 0.05) is 30.8 Å². The maximum Gasteiger partial charge on any atom is 0.410 e. The number of carbonyl (C=O) groups excluding carboxylic acids is 1. The smallest absolute Gasteiger partial charge is 0.410 e. The number of aromatic nitrogens is 1. The lowest BCUT2D eigenvalue weighted by Gasteiger charge is -2.45. The Labute approximate surface area is 144 Å². The summed E-state index contributed by atoms with van der Waals surface area (Å²) >= 11 is 0. The van der Waals surface area contributed by atoms with E-state index in [2.05, 4.69) is 31.8 Å². The first kappa shape index (κ1) is 17.2. The normalized spacial score (nSPS) is 28.8. The quantitative estimate of drug-likeness (QED) is 0.725. The minimum atomic E-state index is -0.474. The van der Waals surface area contributed by atoms with Crippen LogP contribution in [0.3, 0.4) is 0 Å². The van der Waals surface area contributed by atoms with Gasteiger partial charge in [0.25, 0.3) is 0 Å². The zero-order valence-corrected chi connectivity index (χ0v) is 15.5. The summed E-state index contributed by atoms with van der Waals surface area (Å²) in [6.07, 6.45) is 2.34. The average molecular weight is 332 g/mol. The summed E-state index contributed by atoms with van der Waals surface area (Å²) in [5.74, 6) is 0.170. The Balaban J connectivity index is 1.83. The molecular weight excluding hydrogens is 304 g/mol. The first-order valence-corrected chi connectivity index (χ1v) is 8.69. The molecule has 2 aliphatic heterocycles. The fraction of sp³-hybridized carbons (Fsp3) is 0.684. The van der Waals surface area contributed by atoms with Crippen LogP contribution < -0.4 is 0 Å². The molecule has 0 aromatic carbocycles. The third-order valence-electron chi connectivity index (χ3n) is 4.97. The van der Waals surface area contributed by atoms with Crippen LogP contribution in [0.4, 0.5) is 4.79 Å². The van der Waals surface area contributed by atoms with Crippen LogP contribution >= 0.6 is 0 Å². The summed E-state index contributed by atoms with van der Waals surface area (Å²) in [6.45, 7) is 13.2. The van der Waals surface area contributed by atoms with Gasteiger partial charge in [-0.05, 0) is 47.1 Å². The SMILES string of the molecule is CC1CN(C(=O)OC(C)(C)C)CCC12OC(C)(C)c1ncccc12. The summed E-state index contributed by atoms with van der Waals surface area (Å²) in [7, 11) is 0. The molecule has 5 heteroatoms. The lowest BCUT2D eigenvalue weighted by Crippen LogP contribution is -2.52. The minimum Gasteiger partial charge on any atom is -0.444 e. The third kappa shape index (κ3) is 2.79. The maximum absolute atomic E-state index is 12.4. The predicted molar refractivity (Wildman–Crippen MR) is 91.6 cm³/mol. The zero-order chi connectivity index (χ0) is 17.8. The van der Waals surface area contributed by atoms with Crippen molar-refractivity contribution in [1.82, 2.24) is 9.88 Å². The van der Waals surface area contributed by atoms with E-state index in [1.165, 1.54) is 5.56 Å². The molecule has 0 aliphatic carbocycles. The zero-order valence-electron chi connectivity index (χ0n) is 15.5. The standard InChI is InChI=1S/C19H28N2O3/c1-13-12-21(16(22)23-17(2,3)4)11-9-19(13)14-8-7-10-20-15(14)18(5,6)24-19/h7-8,10,13H,9,11-12H2,1-6H3. The van der Waals surface area contributed by atoms with E-state index in [0.717, 1.165) is 12.1 Å². The molecule has 0 saturated carbocycles. The fourth-order valence-electron chi connectivity index (χ4n) is 3.95. The number of amides is 1. The molecule has 1 aromatic rings. The van der Waals surface area contributed by atoms with E-state index in [-0.39, 0.29) is 17.6 Å². The molecule has 1 fully saturated rings. The molecule has 1 saturated heterocycles. The van der Waals surface area contributed by atoms with Crippen molar-refractivity contribution in [3.63, 3.8) is 0 Å². The fourth-order valence-corrected chi connectivity index (χ4v) is 3.95. The Morgan fingerprint density at radius 2 is 2.12 bits per heavy atom. The van der Waals surface area contributed by atoms with Crippen LogP contribution in [0.5, 0.6) is 0 Å². The first-order chi connectivity index (χ1) is 11.1. The van der Waals surface area contributed by atoms with Crippen LogP contribution in [-0.4, -0.2) is 34.7 Å². The highest BCUT2D eigenvalue weighted by molar-refractivity contribution is 5.68. The molecule has 0 radical (unpaired) electrons. The van der Waals surface area contributed by atoms with Gasteiger partial charge in [-0.15, -0.1) is 0 Å². The van der Waals surface area contributed by atoms with Crippen molar-refractivity contribution in [2.75, 3.05) is 13.1 Å². The van der Waals surface area contributed by atoms with Crippen LogP contribution in [0.15, 0.2) is 18.3 Å². The Morgan fingerprint density at radius 1 is 1.42 bits per heavy atom. The summed E-state index contributed by atoms with van der Waals surface area (Å²) in [5, 5.41) is 0. The maximum atomic E-state index is 12.4. The molecular formula is C19H28N2O3. The second kappa shape index (κ2) is 5.45. The Morgan fingerprint density at radius 3 is 2.75 bits per heavy atom. The van der Waals surface area contributed by atoms with Gasteiger partial charge in [-0.25, -0.2) is 4.79 Å². The number of rotatable bonds is 0. The molecule has 24 heavy (non-hydrogen) atoms. The number of hydrogen-bond donors (Lipinski definition) is 0. The molecule has 2 aliphatic rings. The number of carbonyl (C=O) groups is 1. The largest absolute Gasteiger partial charge is 0.444 e. The van der Waals surface area contributed by atoms with E-state index < -0.39 is 11.2 Å². The van der Waals surface area contributed by atoms with Crippen molar-refractivity contribution >= 4 is 6.09 Å². The Hall–Kier alpha value is -1.62. The van der Waals surface area contributed by atoms with Crippen molar-refractivity contribution in [2.24, 2.45) is 5.92 Å². The first-order valence-electron chi connectivity index (χ1n) is 8.69. The summed E-state index contributed by atoms with van der Waals surface area (Å²) in [6, 6.07) is 4.09. The number of piperidine rings is 1. The second-order valence-corrected chi connectivity index (χ2v) is 8.48. The van der Waals surface area contributed by atoms with Gasteiger partial charge in [-0.1, -0.05) is 13.0 Å². The third-order valence-corrected chi connectivity index (χ3v) is 4.97. The van der Waals surface area contributed by atoms with Crippen molar-refractivity contribution in [3.8, 4) is 0 Å². The highest BCUT2D eigenvalue weighted by atomic mass is 16.6. The average Bonchev–Trinajstić information content (AvgIpc) is 2.70. The number of ether oxygens (including phenoxy) is 2. The Kier molecular flexibility index (Phi) is 3.91. The highest BCUT2D eigenvalue weighted by Gasteiger charge is 2.55. The lowest BCUT2D eigenvalue weighted by molar-refractivity contribution is -0.174. The number of likely N-dealkylation sites (tertiary alicyclic amines) is 1. The number of pyridine rings is 1. The van der Waals surface area contributed by atoms with Gasteiger partial charge in [0.15, 0.2) is 0 Å². The van der Waals surface area contributed by atoms with Crippen LogP contribution in [-0.2, 0) is 20.7 Å². The summed E-state index contributed by atoms with van der Waals surface area (Å²) < 4.78 is 12.1. The van der Waals surface area contributed by atoms with E-state index in [1.807, 2.05) is 33.0 Å². The molecule has 1 aromatic heterocycles. The van der Waals surface area contributed by atoms with Gasteiger partial charge < -0.3 is 14.4 Å². The summed E-state index contributed by atoms with van der Waals surface area (Å²) in [5.41, 5.74) is 0.941. The van der Waals surface area contributed by atoms with Gasteiger partial charge >= 0.3 is 6.09 Å². The Bertz CT molecular complexity index is 650. The topological polar surface area (TPSA) is 51.7 Å². The van der Waals surface area contributed by atoms with E-state index in [9.17, 15) is 4.79 Å². The lowest BCUT2D eigenvalue weighted by atomic mass is 9.77. The molecule has 2 atom stereocenters. The van der Waals surface area contributed by atoms with Crippen LogP contribution in [0.2, 0.25) is 0 Å².